The molecule has 0 aliphatic rings. The average Bonchev–Trinajstić information content (AvgIpc) is 2.57. The Hall–Kier alpha value is -2.20. The lowest BCUT2D eigenvalue weighted by Gasteiger charge is -2.23. The van der Waals surface area contributed by atoms with Crippen molar-refractivity contribution in [1.29, 1.82) is 0 Å². The number of benzene rings is 3. The lowest BCUT2D eigenvalue weighted by atomic mass is 10.2. The van der Waals surface area contributed by atoms with Crippen LogP contribution >= 0.6 is 10.9 Å². The molecule has 0 radical (unpaired) electrons. The van der Waals surface area contributed by atoms with Crippen LogP contribution in [0, 0.1) is 0 Å². The van der Waals surface area contributed by atoms with Gasteiger partial charge in [0.1, 0.15) is 0 Å². The molecular weight excluding hydrogens is 317 g/mol. The van der Waals surface area contributed by atoms with Crippen molar-refractivity contribution >= 4 is 10.9 Å². The first-order valence-corrected chi connectivity index (χ1v) is 8.47. The van der Waals surface area contributed by atoms with Crippen molar-refractivity contribution in [3.05, 3.63) is 90.5 Å². The van der Waals surface area contributed by atoms with E-state index in [4.69, 9.17) is 0 Å². The largest absolute Gasteiger partial charge is 0.416 e. The molecule has 0 nitrogen and oxygen atoms in total. The van der Waals surface area contributed by atoms with Crippen molar-refractivity contribution in [3.8, 4) is 0 Å². The molecule has 0 bridgehead atoms. The first kappa shape index (κ1) is 15.7. The van der Waals surface area contributed by atoms with Crippen molar-refractivity contribution in [2.45, 2.75) is 20.9 Å². The van der Waals surface area contributed by atoms with E-state index in [0.717, 1.165) is 26.8 Å². The van der Waals surface area contributed by atoms with E-state index >= 15 is 0 Å². The Kier molecular flexibility index (Phi) is 4.44. The monoisotopic (exact) mass is 332 g/mol. The molecule has 0 unspecified atom stereocenters. The summed E-state index contributed by atoms with van der Waals surface area (Å²) in [7, 11) is -0.862. The van der Waals surface area contributed by atoms with E-state index in [0.29, 0.717) is 0 Å². The van der Waals surface area contributed by atoms with Gasteiger partial charge in [-0.15, -0.1) is 0 Å². The molecule has 3 aromatic rings. The van der Waals surface area contributed by atoms with Gasteiger partial charge in [-0.1, -0.05) is 36.4 Å². The van der Waals surface area contributed by atoms with Crippen molar-refractivity contribution in [1.82, 2.24) is 0 Å². The smallest absolute Gasteiger partial charge is 0.173 e. The number of rotatable bonds is 3. The second kappa shape index (κ2) is 6.50. The van der Waals surface area contributed by atoms with E-state index < -0.39 is 22.6 Å². The predicted molar refractivity (Wildman–Crippen MR) is 88.1 cm³/mol. The van der Waals surface area contributed by atoms with Crippen molar-refractivity contribution < 1.29 is 13.2 Å². The van der Waals surface area contributed by atoms with Gasteiger partial charge in [0.05, 0.1) is 5.56 Å². The first-order valence-electron chi connectivity index (χ1n) is 7.13. The SMILES string of the molecule is FC(F)(F)c1ccc([SH](c2ccccc2)c2ccccc2)cc1. The maximum Gasteiger partial charge on any atom is 0.416 e. The second-order valence-corrected chi connectivity index (χ2v) is 7.27. The summed E-state index contributed by atoms with van der Waals surface area (Å²) in [6, 6.07) is 25.3. The van der Waals surface area contributed by atoms with E-state index in [1.54, 1.807) is 12.1 Å². The Morgan fingerprint density at radius 3 is 1.30 bits per heavy atom. The molecule has 118 valence electrons. The molecule has 0 fully saturated rings. The molecule has 0 saturated heterocycles. The molecule has 0 aliphatic carbocycles. The van der Waals surface area contributed by atoms with Crippen LogP contribution in [0.2, 0.25) is 0 Å². The normalized spacial score (nSPS) is 12.0. The molecule has 0 saturated carbocycles. The van der Waals surface area contributed by atoms with Crippen molar-refractivity contribution in [3.63, 3.8) is 0 Å². The van der Waals surface area contributed by atoms with Gasteiger partial charge in [0.25, 0.3) is 0 Å². The third-order valence-corrected chi connectivity index (χ3v) is 5.93. The highest BCUT2D eigenvalue weighted by Crippen LogP contribution is 2.51. The third kappa shape index (κ3) is 3.59. The minimum Gasteiger partial charge on any atom is -0.173 e. The number of hydrogen-bond donors (Lipinski definition) is 1. The van der Waals surface area contributed by atoms with Crippen LogP contribution in [0.25, 0.3) is 0 Å². The van der Waals surface area contributed by atoms with Gasteiger partial charge < -0.3 is 0 Å². The van der Waals surface area contributed by atoms with E-state index in [1.165, 1.54) is 0 Å². The standard InChI is InChI=1S/C19H15F3S/c20-19(21,22)15-11-13-18(14-12-15)23(16-7-3-1-4-8-16)17-9-5-2-6-10-17/h1-14,23H. The Morgan fingerprint density at radius 2 is 0.913 bits per heavy atom. The summed E-state index contributed by atoms with van der Waals surface area (Å²) in [5.41, 5.74) is -0.614. The van der Waals surface area contributed by atoms with Crippen molar-refractivity contribution in [2.24, 2.45) is 0 Å². The van der Waals surface area contributed by atoms with E-state index in [2.05, 4.69) is 0 Å². The zero-order valence-electron chi connectivity index (χ0n) is 12.2. The van der Waals surface area contributed by atoms with Crippen LogP contribution < -0.4 is 0 Å². The molecule has 23 heavy (non-hydrogen) atoms. The van der Waals surface area contributed by atoms with E-state index in [-0.39, 0.29) is 0 Å². The zero-order valence-corrected chi connectivity index (χ0v) is 13.1. The molecule has 0 aromatic heterocycles. The molecule has 0 heterocycles. The summed E-state index contributed by atoms with van der Waals surface area (Å²) >= 11 is 0. The maximum atomic E-state index is 12.8. The van der Waals surface area contributed by atoms with Crippen molar-refractivity contribution in [2.75, 3.05) is 0 Å². The fraction of sp³-hybridized carbons (Fsp3) is 0.0526. The van der Waals surface area contributed by atoms with Crippen LogP contribution in [0.4, 0.5) is 13.2 Å². The Bertz CT molecular complexity index is 711. The lowest BCUT2D eigenvalue weighted by molar-refractivity contribution is -0.137. The summed E-state index contributed by atoms with van der Waals surface area (Å²) in [6.45, 7) is 0. The van der Waals surface area contributed by atoms with E-state index in [9.17, 15) is 13.2 Å². The molecule has 0 N–H and O–H groups in total. The Balaban J connectivity index is 2.06. The van der Waals surface area contributed by atoms with Crippen LogP contribution in [-0.4, -0.2) is 0 Å². The third-order valence-electron chi connectivity index (χ3n) is 3.48. The number of thiol groups is 1. The van der Waals surface area contributed by atoms with Crippen LogP contribution in [0.5, 0.6) is 0 Å². The molecule has 0 aliphatic heterocycles. The zero-order chi connectivity index (χ0) is 16.3. The quantitative estimate of drug-likeness (QED) is 0.544. The number of halogens is 3. The van der Waals surface area contributed by atoms with E-state index in [1.807, 2.05) is 60.7 Å². The molecule has 4 heteroatoms. The highest BCUT2D eigenvalue weighted by atomic mass is 32.2. The molecule has 3 rings (SSSR count). The summed E-state index contributed by atoms with van der Waals surface area (Å²) in [6.07, 6.45) is -4.30. The van der Waals surface area contributed by atoms with Gasteiger partial charge in [0.2, 0.25) is 0 Å². The number of hydrogen-bond acceptors (Lipinski definition) is 0. The van der Waals surface area contributed by atoms with Gasteiger partial charge >= 0.3 is 6.18 Å². The summed E-state index contributed by atoms with van der Waals surface area (Å²) in [4.78, 5) is 3.15. The van der Waals surface area contributed by atoms with Gasteiger partial charge in [-0.2, -0.15) is 24.1 Å². The molecule has 0 spiro atoms. The van der Waals surface area contributed by atoms with Gasteiger partial charge in [0, 0.05) is 0 Å². The molecule has 0 amide bonds. The average molecular weight is 332 g/mol. The van der Waals surface area contributed by atoms with Crippen LogP contribution in [0.1, 0.15) is 5.56 Å². The van der Waals surface area contributed by atoms with Gasteiger partial charge in [-0.25, -0.2) is 0 Å². The Morgan fingerprint density at radius 1 is 0.522 bits per heavy atom. The summed E-state index contributed by atoms with van der Waals surface area (Å²) in [5, 5.41) is 0. The topological polar surface area (TPSA) is 0 Å². The van der Waals surface area contributed by atoms with Gasteiger partial charge in [-0.05, 0) is 63.2 Å². The molecule has 3 aromatic carbocycles. The van der Waals surface area contributed by atoms with Crippen LogP contribution in [0.3, 0.4) is 0 Å². The lowest BCUT2D eigenvalue weighted by Crippen LogP contribution is -2.04. The first-order chi connectivity index (χ1) is 11.1. The highest BCUT2D eigenvalue weighted by Gasteiger charge is 2.30. The van der Waals surface area contributed by atoms with Crippen LogP contribution in [-0.2, 0) is 6.18 Å². The maximum absolute atomic E-state index is 12.8. The predicted octanol–water partition coefficient (Wildman–Crippen LogP) is 6.18. The second-order valence-electron chi connectivity index (χ2n) is 5.05. The minimum absolute atomic E-state index is 0.614. The Labute approximate surface area is 135 Å². The highest BCUT2D eigenvalue weighted by molar-refractivity contribution is 8.17. The fourth-order valence-corrected chi connectivity index (χ4v) is 4.68. The van der Waals surface area contributed by atoms with Gasteiger partial charge in [-0.3, -0.25) is 0 Å². The summed E-state index contributed by atoms with van der Waals surface area (Å²) < 4.78 is 38.3. The van der Waals surface area contributed by atoms with Gasteiger partial charge in [0.15, 0.2) is 0 Å². The van der Waals surface area contributed by atoms with Crippen LogP contribution in [0.15, 0.2) is 99.6 Å². The summed E-state index contributed by atoms with van der Waals surface area (Å²) in [5.74, 6) is 0. The fourth-order valence-electron chi connectivity index (χ4n) is 2.40. The molecular formula is C19H15F3S. The molecule has 0 atom stereocenters. The number of alkyl halides is 3. The minimum atomic E-state index is -4.30.